The van der Waals surface area contributed by atoms with Crippen LogP contribution < -0.4 is 10.6 Å². The Bertz CT molecular complexity index is 716. The van der Waals surface area contributed by atoms with Crippen LogP contribution in [0.3, 0.4) is 0 Å². The predicted octanol–water partition coefficient (Wildman–Crippen LogP) is 2.80. The van der Waals surface area contributed by atoms with Gasteiger partial charge in [0.15, 0.2) is 0 Å². The summed E-state index contributed by atoms with van der Waals surface area (Å²) < 4.78 is 0. The van der Waals surface area contributed by atoms with Crippen LogP contribution in [0.2, 0.25) is 0 Å². The lowest BCUT2D eigenvalue weighted by Crippen LogP contribution is -2.44. The van der Waals surface area contributed by atoms with Gasteiger partial charge in [0.25, 0.3) is 5.91 Å². The molecular formula is C18H21N3O2S. The van der Waals surface area contributed by atoms with Gasteiger partial charge in [0.1, 0.15) is 11.1 Å². The van der Waals surface area contributed by atoms with Gasteiger partial charge in [-0.25, -0.2) is 4.98 Å². The second-order valence-electron chi connectivity index (χ2n) is 5.36. The molecule has 2 amide bonds. The zero-order valence-corrected chi connectivity index (χ0v) is 14.8. The van der Waals surface area contributed by atoms with Crippen LogP contribution >= 0.6 is 11.8 Å². The fourth-order valence-electron chi connectivity index (χ4n) is 2.03. The summed E-state index contributed by atoms with van der Waals surface area (Å²) in [4.78, 5) is 29.6. The van der Waals surface area contributed by atoms with Gasteiger partial charge in [-0.05, 0) is 45.0 Å². The number of amides is 2. The second-order valence-corrected chi connectivity index (χ2v) is 6.42. The summed E-state index contributed by atoms with van der Waals surface area (Å²) in [6.07, 6.45) is 1.65. The number of rotatable bonds is 6. The molecule has 2 rings (SSSR count). The molecule has 1 heterocycles. The Labute approximate surface area is 146 Å². The van der Waals surface area contributed by atoms with Crippen LogP contribution in [0.1, 0.15) is 29.8 Å². The molecule has 0 saturated carbocycles. The zero-order chi connectivity index (χ0) is 17.5. The van der Waals surface area contributed by atoms with Crippen LogP contribution in [-0.2, 0) is 4.79 Å². The summed E-state index contributed by atoms with van der Waals surface area (Å²) in [5.74, 6) is -0.515. The number of pyridine rings is 1. The monoisotopic (exact) mass is 343 g/mol. The molecule has 0 bridgehead atoms. The fourth-order valence-corrected chi connectivity index (χ4v) is 2.91. The van der Waals surface area contributed by atoms with Crippen LogP contribution in [0.15, 0.2) is 52.5 Å². The Morgan fingerprint density at radius 1 is 1.21 bits per heavy atom. The van der Waals surface area contributed by atoms with Crippen molar-refractivity contribution in [3.8, 4) is 0 Å². The molecule has 0 aliphatic rings. The van der Waals surface area contributed by atoms with Gasteiger partial charge in [0, 0.05) is 17.6 Å². The van der Waals surface area contributed by atoms with E-state index in [1.165, 1.54) is 17.3 Å². The van der Waals surface area contributed by atoms with E-state index in [1.807, 2.05) is 38.1 Å². The first-order chi connectivity index (χ1) is 11.5. The molecule has 0 saturated heterocycles. The van der Waals surface area contributed by atoms with Crippen molar-refractivity contribution in [3.05, 3.63) is 53.7 Å². The topological polar surface area (TPSA) is 71.1 Å². The summed E-state index contributed by atoms with van der Waals surface area (Å²) in [5.41, 5.74) is 1.63. The number of likely N-dealkylation sites (N-methyl/N-ethyl adjacent to an activating group) is 1. The summed E-state index contributed by atoms with van der Waals surface area (Å²) in [5, 5.41) is 6.01. The average molecular weight is 343 g/mol. The highest BCUT2D eigenvalue weighted by atomic mass is 32.2. The molecule has 5 nitrogen and oxygen atoms in total. The summed E-state index contributed by atoms with van der Waals surface area (Å²) in [6.45, 7) is 6.05. The highest BCUT2D eigenvalue weighted by molar-refractivity contribution is 7.99. The molecule has 0 radical (unpaired) electrons. The lowest BCUT2D eigenvalue weighted by atomic mass is 10.2. The van der Waals surface area contributed by atoms with E-state index in [0.717, 1.165) is 4.90 Å². The molecule has 1 aromatic carbocycles. The third kappa shape index (κ3) is 4.83. The molecule has 0 spiro atoms. The maximum Gasteiger partial charge on any atom is 0.254 e. The number of aryl methyl sites for hydroxylation is 1. The van der Waals surface area contributed by atoms with E-state index in [1.54, 1.807) is 25.3 Å². The molecule has 0 fully saturated rings. The quantitative estimate of drug-likeness (QED) is 0.846. The van der Waals surface area contributed by atoms with Crippen molar-refractivity contribution in [3.63, 3.8) is 0 Å². The maximum absolute atomic E-state index is 12.5. The lowest BCUT2D eigenvalue weighted by Gasteiger charge is -2.14. The summed E-state index contributed by atoms with van der Waals surface area (Å²) in [7, 11) is 0. The Morgan fingerprint density at radius 3 is 2.58 bits per heavy atom. The number of carbonyl (C=O) groups is 2. The van der Waals surface area contributed by atoms with Crippen LogP contribution in [0.25, 0.3) is 0 Å². The first kappa shape index (κ1) is 18.0. The summed E-state index contributed by atoms with van der Waals surface area (Å²) >= 11 is 1.42. The van der Waals surface area contributed by atoms with Crippen molar-refractivity contribution in [1.29, 1.82) is 0 Å². The minimum Gasteiger partial charge on any atom is -0.355 e. The van der Waals surface area contributed by atoms with Gasteiger partial charge in [0.2, 0.25) is 5.91 Å². The molecule has 1 aromatic heterocycles. The molecule has 0 aliphatic heterocycles. The first-order valence-electron chi connectivity index (χ1n) is 7.79. The van der Waals surface area contributed by atoms with Gasteiger partial charge in [-0.15, -0.1) is 0 Å². The normalized spacial score (nSPS) is 11.6. The third-order valence-corrected chi connectivity index (χ3v) is 4.37. The van der Waals surface area contributed by atoms with Gasteiger partial charge >= 0.3 is 0 Å². The lowest BCUT2D eigenvalue weighted by molar-refractivity contribution is -0.122. The highest BCUT2D eigenvalue weighted by Crippen LogP contribution is 2.28. The number of carbonyl (C=O) groups excluding carboxylic acids is 2. The van der Waals surface area contributed by atoms with Crippen molar-refractivity contribution in [2.45, 2.75) is 36.7 Å². The maximum atomic E-state index is 12.5. The largest absolute Gasteiger partial charge is 0.355 e. The molecule has 0 aliphatic carbocycles. The zero-order valence-electron chi connectivity index (χ0n) is 14.0. The molecule has 24 heavy (non-hydrogen) atoms. The van der Waals surface area contributed by atoms with Gasteiger partial charge < -0.3 is 10.6 Å². The van der Waals surface area contributed by atoms with Crippen LogP contribution in [0, 0.1) is 6.92 Å². The Balaban J connectivity index is 2.14. The van der Waals surface area contributed by atoms with E-state index >= 15 is 0 Å². The number of benzene rings is 1. The number of aromatic nitrogens is 1. The minimum absolute atomic E-state index is 0.206. The smallest absolute Gasteiger partial charge is 0.254 e. The van der Waals surface area contributed by atoms with E-state index in [9.17, 15) is 9.59 Å². The number of hydrogen-bond donors (Lipinski definition) is 2. The average Bonchev–Trinajstić information content (AvgIpc) is 2.57. The van der Waals surface area contributed by atoms with E-state index < -0.39 is 6.04 Å². The van der Waals surface area contributed by atoms with E-state index in [0.29, 0.717) is 17.1 Å². The van der Waals surface area contributed by atoms with Crippen LogP contribution in [0.4, 0.5) is 0 Å². The van der Waals surface area contributed by atoms with Crippen molar-refractivity contribution < 1.29 is 9.59 Å². The molecule has 2 aromatic rings. The van der Waals surface area contributed by atoms with Crippen molar-refractivity contribution in [2.24, 2.45) is 0 Å². The molecule has 126 valence electrons. The van der Waals surface area contributed by atoms with E-state index in [4.69, 9.17) is 0 Å². The van der Waals surface area contributed by atoms with Gasteiger partial charge in [-0.1, -0.05) is 29.5 Å². The number of hydrogen-bond acceptors (Lipinski definition) is 4. The molecular weight excluding hydrogens is 322 g/mol. The van der Waals surface area contributed by atoms with Gasteiger partial charge in [-0.3, -0.25) is 9.59 Å². The summed E-state index contributed by atoms with van der Waals surface area (Å²) in [6, 6.07) is 10.8. The fraction of sp³-hybridized carbons (Fsp3) is 0.278. The van der Waals surface area contributed by atoms with E-state index in [-0.39, 0.29) is 11.8 Å². The first-order valence-corrected chi connectivity index (χ1v) is 8.61. The molecule has 1 atom stereocenters. The number of nitrogens with zero attached hydrogens (tertiary/aromatic N) is 1. The van der Waals surface area contributed by atoms with Gasteiger partial charge in [0.05, 0.1) is 5.56 Å². The third-order valence-electron chi connectivity index (χ3n) is 3.34. The molecule has 6 heteroatoms. The standard InChI is InChI=1S/C18H21N3O2S/c1-4-19-16(22)13(3)21-17(23)15-6-5-11-20-18(15)24-14-9-7-12(2)8-10-14/h5-11,13H,4H2,1-3H3,(H,19,22)(H,21,23). The number of nitrogens with one attached hydrogen (secondary N) is 2. The second kappa shape index (κ2) is 8.49. The van der Waals surface area contributed by atoms with Gasteiger partial charge in [-0.2, -0.15) is 0 Å². The van der Waals surface area contributed by atoms with Crippen molar-refractivity contribution in [2.75, 3.05) is 6.54 Å². The van der Waals surface area contributed by atoms with E-state index in [2.05, 4.69) is 15.6 Å². The molecule has 1 unspecified atom stereocenters. The SMILES string of the molecule is CCNC(=O)C(C)NC(=O)c1cccnc1Sc1ccc(C)cc1. The Morgan fingerprint density at radius 2 is 1.92 bits per heavy atom. The van der Waals surface area contributed by atoms with Crippen molar-refractivity contribution >= 4 is 23.6 Å². The Kier molecular flexibility index (Phi) is 6.37. The molecule has 2 N–H and O–H groups in total. The highest BCUT2D eigenvalue weighted by Gasteiger charge is 2.19. The predicted molar refractivity (Wildman–Crippen MR) is 95.2 cm³/mol. The van der Waals surface area contributed by atoms with Crippen molar-refractivity contribution in [1.82, 2.24) is 15.6 Å². The van der Waals surface area contributed by atoms with Crippen LogP contribution in [0.5, 0.6) is 0 Å². The van der Waals surface area contributed by atoms with Crippen LogP contribution in [-0.4, -0.2) is 29.4 Å². The minimum atomic E-state index is -0.602. The Hall–Kier alpha value is -2.34.